The van der Waals surface area contributed by atoms with Crippen molar-refractivity contribution in [2.45, 2.75) is 56.0 Å². The maximum atomic E-state index is 14.1. The number of amides is 1. The number of ether oxygens (including phenoxy) is 1. The van der Waals surface area contributed by atoms with Gasteiger partial charge < -0.3 is 19.9 Å². The van der Waals surface area contributed by atoms with E-state index in [2.05, 4.69) is 11.0 Å². The quantitative estimate of drug-likeness (QED) is 0.226. The number of anilines is 1. The molecule has 5 rings (SSSR count). The maximum Gasteiger partial charge on any atom is 0.308 e. The van der Waals surface area contributed by atoms with E-state index in [1.165, 1.54) is 4.31 Å². The Kier molecular flexibility index (Phi) is 10.0. The summed E-state index contributed by atoms with van der Waals surface area (Å²) in [4.78, 5) is 32.6. The second-order valence-corrected chi connectivity index (χ2v) is 13.3. The first-order valence-corrected chi connectivity index (χ1v) is 16.8. The van der Waals surface area contributed by atoms with Gasteiger partial charge in [-0.3, -0.25) is 13.9 Å². The number of nitriles is 1. The fraction of sp³-hybridized carbons (Fsp3) is 0.353. The number of likely N-dealkylation sites (N-methyl/N-ethyl adjacent to an activating group) is 1. The van der Waals surface area contributed by atoms with Gasteiger partial charge in [0.15, 0.2) is 0 Å². The lowest BCUT2D eigenvalue weighted by molar-refractivity contribution is -0.145. The number of carbonyl (C=O) groups excluding carboxylic acids is 2. The Labute approximate surface area is 269 Å². The zero-order chi connectivity index (χ0) is 32.8. The predicted molar refractivity (Wildman–Crippen MR) is 174 cm³/mol. The lowest BCUT2D eigenvalue weighted by Crippen LogP contribution is -2.46. The average Bonchev–Trinajstić information content (AvgIpc) is 3.40. The van der Waals surface area contributed by atoms with E-state index < -0.39 is 27.9 Å². The molecule has 0 saturated carbocycles. The molecular formula is C34H38N6O5S. The van der Waals surface area contributed by atoms with Gasteiger partial charge in [0.05, 0.1) is 46.3 Å². The molecule has 0 spiro atoms. The van der Waals surface area contributed by atoms with Crippen LogP contribution in [-0.2, 0) is 30.8 Å². The number of nitrogens with two attached hydrogens (primary N) is 1. The van der Waals surface area contributed by atoms with Gasteiger partial charge in [0.1, 0.15) is 11.9 Å². The number of hydrogen-bond donors (Lipinski definition) is 1. The van der Waals surface area contributed by atoms with Gasteiger partial charge in [-0.2, -0.15) is 5.26 Å². The number of sulfonamides is 1. The Bertz CT molecular complexity index is 1850. The van der Waals surface area contributed by atoms with E-state index in [-0.39, 0.29) is 36.9 Å². The van der Waals surface area contributed by atoms with Crippen molar-refractivity contribution in [3.8, 4) is 6.07 Å². The van der Waals surface area contributed by atoms with E-state index in [0.29, 0.717) is 28.1 Å². The number of carbonyl (C=O) groups is 2. The SMILES string of the molecule is CCOC(=O)CC(C(N)=O)n1c(Cc2ccc(C#N)cc2)nc2cc(N(CC3CCCCN3C)S(=O)(=O)c3ccccc3)ccc21. The Morgan fingerprint density at radius 3 is 2.50 bits per heavy atom. The van der Waals surface area contributed by atoms with Gasteiger partial charge in [-0.15, -0.1) is 0 Å². The standard InChI is InChI=1S/C34H38N6O5S/c1-3-45-33(41)21-31(34(36)42)40-30-17-16-26(20-29(30)37-32(40)19-24-12-14-25(22-35)15-13-24)39(23-27-9-7-8-18-38(27)2)46(43,44)28-10-5-4-6-11-28/h4-6,10-17,20,27,31H,3,7-9,18-19,21,23H2,1-2H3,(H2,36,42). The highest BCUT2D eigenvalue weighted by Gasteiger charge is 2.32. The molecule has 11 nitrogen and oxygen atoms in total. The van der Waals surface area contributed by atoms with Gasteiger partial charge in [-0.25, -0.2) is 13.4 Å². The van der Waals surface area contributed by atoms with E-state index in [9.17, 15) is 23.3 Å². The van der Waals surface area contributed by atoms with Crippen molar-refractivity contribution in [1.82, 2.24) is 14.5 Å². The normalized spacial score (nSPS) is 16.1. The van der Waals surface area contributed by atoms with Crippen molar-refractivity contribution in [3.05, 3.63) is 89.7 Å². The summed E-state index contributed by atoms with van der Waals surface area (Å²) in [7, 11) is -1.93. The smallest absolute Gasteiger partial charge is 0.308 e. The third-order valence-corrected chi connectivity index (χ3v) is 10.2. The molecule has 0 bridgehead atoms. The highest BCUT2D eigenvalue weighted by atomic mass is 32.2. The molecule has 0 radical (unpaired) electrons. The van der Waals surface area contributed by atoms with Crippen molar-refractivity contribution in [2.24, 2.45) is 5.73 Å². The number of aromatic nitrogens is 2. The molecule has 2 atom stereocenters. The number of primary amides is 1. The number of fused-ring (bicyclic) bond motifs is 1. The van der Waals surface area contributed by atoms with Crippen LogP contribution in [0.3, 0.4) is 0 Å². The summed E-state index contributed by atoms with van der Waals surface area (Å²) >= 11 is 0. The van der Waals surface area contributed by atoms with Gasteiger partial charge in [0.25, 0.3) is 10.0 Å². The van der Waals surface area contributed by atoms with Crippen LogP contribution in [0, 0.1) is 11.3 Å². The average molecular weight is 643 g/mol. The number of rotatable bonds is 12. The van der Waals surface area contributed by atoms with Crippen molar-refractivity contribution in [1.29, 1.82) is 5.26 Å². The molecule has 2 unspecified atom stereocenters. The van der Waals surface area contributed by atoms with Crippen molar-refractivity contribution >= 4 is 38.6 Å². The second-order valence-electron chi connectivity index (χ2n) is 11.5. The molecule has 1 aliphatic rings. The summed E-state index contributed by atoms with van der Waals surface area (Å²) in [5.41, 5.74) is 8.58. The van der Waals surface area contributed by atoms with Crippen LogP contribution in [0.1, 0.15) is 55.6 Å². The minimum Gasteiger partial charge on any atom is -0.466 e. The van der Waals surface area contributed by atoms with Crippen LogP contribution >= 0.6 is 0 Å². The van der Waals surface area contributed by atoms with Crippen LogP contribution in [0.2, 0.25) is 0 Å². The summed E-state index contributed by atoms with van der Waals surface area (Å²) in [5.74, 6) is -0.855. The summed E-state index contributed by atoms with van der Waals surface area (Å²) in [6.45, 7) is 2.98. The van der Waals surface area contributed by atoms with Crippen molar-refractivity contribution < 1.29 is 22.7 Å². The number of nitrogens with zero attached hydrogens (tertiary/aromatic N) is 5. The number of imidazole rings is 1. The predicted octanol–water partition coefficient (Wildman–Crippen LogP) is 4.16. The van der Waals surface area contributed by atoms with Gasteiger partial charge in [0.2, 0.25) is 5.91 Å². The number of benzene rings is 3. The number of hydrogen-bond acceptors (Lipinski definition) is 8. The topological polar surface area (TPSA) is 152 Å². The van der Waals surface area contributed by atoms with Gasteiger partial charge in [-0.1, -0.05) is 36.8 Å². The minimum absolute atomic E-state index is 0.0243. The zero-order valence-corrected chi connectivity index (χ0v) is 26.8. The van der Waals surface area contributed by atoms with E-state index in [1.54, 1.807) is 84.3 Å². The molecule has 0 aliphatic carbocycles. The first kappa shape index (κ1) is 32.7. The van der Waals surface area contributed by atoms with Crippen LogP contribution in [-0.4, -0.2) is 67.5 Å². The third kappa shape index (κ3) is 7.06. The van der Waals surface area contributed by atoms with Crippen LogP contribution in [0.5, 0.6) is 0 Å². The molecule has 1 aromatic heterocycles. The second kappa shape index (κ2) is 14.1. The van der Waals surface area contributed by atoms with Gasteiger partial charge in [0, 0.05) is 19.0 Å². The summed E-state index contributed by atoms with van der Waals surface area (Å²) in [5, 5.41) is 9.23. The Morgan fingerprint density at radius 2 is 1.85 bits per heavy atom. The first-order chi connectivity index (χ1) is 22.1. The molecule has 1 amide bonds. The summed E-state index contributed by atoms with van der Waals surface area (Å²) in [6, 6.07) is 21.5. The van der Waals surface area contributed by atoms with Crippen molar-refractivity contribution in [3.63, 3.8) is 0 Å². The van der Waals surface area contributed by atoms with Crippen LogP contribution in [0.4, 0.5) is 5.69 Å². The molecule has 2 heterocycles. The molecule has 4 aromatic rings. The zero-order valence-electron chi connectivity index (χ0n) is 26.0. The number of piperidine rings is 1. The fourth-order valence-corrected chi connectivity index (χ4v) is 7.48. The van der Waals surface area contributed by atoms with E-state index in [1.807, 2.05) is 7.05 Å². The first-order valence-electron chi connectivity index (χ1n) is 15.3. The van der Waals surface area contributed by atoms with Gasteiger partial charge in [-0.05, 0) is 81.4 Å². The largest absolute Gasteiger partial charge is 0.466 e. The highest BCUT2D eigenvalue weighted by molar-refractivity contribution is 7.92. The summed E-state index contributed by atoms with van der Waals surface area (Å²) in [6.07, 6.45) is 2.93. The Morgan fingerprint density at radius 1 is 1.11 bits per heavy atom. The fourth-order valence-electron chi connectivity index (χ4n) is 5.97. The lowest BCUT2D eigenvalue weighted by atomic mass is 10.0. The molecule has 46 heavy (non-hydrogen) atoms. The van der Waals surface area contributed by atoms with E-state index in [4.69, 9.17) is 15.5 Å². The van der Waals surface area contributed by atoms with Crippen LogP contribution in [0.25, 0.3) is 11.0 Å². The Hall–Kier alpha value is -4.73. The van der Waals surface area contributed by atoms with Crippen LogP contribution in [0.15, 0.2) is 77.7 Å². The Balaban J connectivity index is 1.64. The van der Waals surface area contributed by atoms with Crippen LogP contribution < -0.4 is 10.0 Å². The van der Waals surface area contributed by atoms with E-state index in [0.717, 1.165) is 31.4 Å². The summed E-state index contributed by atoms with van der Waals surface area (Å²) < 4.78 is 36.5. The lowest BCUT2D eigenvalue weighted by Gasteiger charge is -2.36. The molecule has 1 fully saturated rings. The maximum absolute atomic E-state index is 14.1. The minimum atomic E-state index is -3.95. The molecule has 1 saturated heterocycles. The molecule has 1 aliphatic heterocycles. The monoisotopic (exact) mass is 642 g/mol. The number of esters is 1. The van der Waals surface area contributed by atoms with Crippen molar-refractivity contribution in [2.75, 3.05) is 31.0 Å². The van der Waals surface area contributed by atoms with E-state index >= 15 is 0 Å². The highest BCUT2D eigenvalue weighted by Crippen LogP contribution is 2.32. The molecule has 3 aromatic carbocycles. The third-order valence-electron chi connectivity index (χ3n) is 8.41. The number of likely N-dealkylation sites (tertiary alicyclic amines) is 1. The van der Waals surface area contributed by atoms with Gasteiger partial charge >= 0.3 is 5.97 Å². The molecule has 2 N–H and O–H groups in total. The molecule has 240 valence electrons. The molecule has 12 heteroatoms. The molecular weight excluding hydrogens is 604 g/mol.